The van der Waals surface area contributed by atoms with Gasteiger partial charge in [-0.15, -0.1) is 0 Å². The third-order valence-corrected chi connectivity index (χ3v) is 13.3. The zero-order valence-electron chi connectivity index (χ0n) is 48.4. The summed E-state index contributed by atoms with van der Waals surface area (Å²) in [6.07, 6.45) is -2.86. The molecule has 22 N–H and O–H groups in total. The van der Waals surface area contributed by atoms with E-state index in [9.17, 15) is 82.4 Å². The fourth-order valence-corrected chi connectivity index (χ4v) is 8.71. The zero-order valence-corrected chi connectivity index (χ0v) is 48.4. The van der Waals surface area contributed by atoms with Gasteiger partial charge in [0.25, 0.3) is 11.8 Å². The van der Waals surface area contributed by atoms with Gasteiger partial charge >= 0.3 is 17.9 Å². The second-order valence-corrected chi connectivity index (χ2v) is 20.4. The van der Waals surface area contributed by atoms with Gasteiger partial charge in [0, 0.05) is 19.6 Å². The highest BCUT2D eigenvalue weighted by atomic mass is 16.4. The molecule has 0 radical (unpaired) electrons. The van der Waals surface area contributed by atoms with Crippen LogP contribution in [0.5, 0.6) is 0 Å². The van der Waals surface area contributed by atoms with Crippen LogP contribution in [0.2, 0.25) is 0 Å². The Morgan fingerprint density at radius 3 is 1.66 bits per heavy atom. The predicted octanol–water partition coefficient (Wildman–Crippen LogP) is -6.04. The number of likely N-dealkylation sites (tertiary alicyclic amines) is 1. The standard InChI is InChI=1S/C52H81N17O17/c1-6-25(2)40(67-43(79)30(54)15-10-18-59-51(55)56)47(83)62-27(4)42(78)64-31(16-11-19-60-52(57)58)44(80)61-24-36(71)63-32(21-37(72)73)45(81)65-33(22-38(74)75)46(82)66-34(23-39(76)77)49(85)69(41(28(5)70)29-13-8-7-9-14-29)50(86)35-17-12-20-68(35)48(84)26(3)53/h7-9,13-14,25-27,30-35,40-41H,6,10-12,15-24,53-54H2,1-5H3,(H,61,80)(H,62,83)(H,63,71)(H,64,78)(H,65,81)(H,66,82)(H,67,79)(H,72,73)(H,74,75)(H,76,77)(H4,55,56,59)(H4,57,58,60)/t25-,26-,27-,30-,31-,32-,33-,34-,35-,40-,41?/m0/s1. The molecule has 34 heteroatoms. The molecule has 1 unspecified atom stereocenters. The van der Waals surface area contributed by atoms with Crippen molar-refractivity contribution < 1.29 is 82.4 Å². The Morgan fingerprint density at radius 1 is 0.640 bits per heavy atom. The number of rotatable bonds is 36. The number of ketones is 1. The van der Waals surface area contributed by atoms with E-state index >= 15 is 0 Å². The van der Waals surface area contributed by atoms with Gasteiger partial charge in [0.1, 0.15) is 48.3 Å². The normalized spacial score (nSPS) is 16.1. The lowest BCUT2D eigenvalue weighted by Gasteiger charge is -2.36. The number of imide groups is 1. The molecule has 0 saturated carbocycles. The van der Waals surface area contributed by atoms with E-state index in [-0.39, 0.29) is 69.2 Å². The quantitative estimate of drug-likeness (QED) is 0.0169. The van der Waals surface area contributed by atoms with Crippen molar-refractivity contribution in [3.05, 3.63) is 35.9 Å². The first-order valence-electron chi connectivity index (χ1n) is 27.4. The molecule has 0 bridgehead atoms. The first-order valence-corrected chi connectivity index (χ1v) is 27.4. The van der Waals surface area contributed by atoms with Gasteiger partial charge < -0.3 is 91.8 Å². The summed E-state index contributed by atoms with van der Waals surface area (Å²) >= 11 is 0. The summed E-state index contributed by atoms with van der Waals surface area (Å²) in [6, 6.07) is -8.81. The van der Waals surface area contributed by atoms with E-state index in [1.165, 1.54) is 38.1 Å². The maximum absolute atomic E-state index is 14.7. The number of aliphatic carboxylic acids is 3. The van der Waals surface area contributed by atoms with Crippen molar-refractivity contribution in [2.24, 2.45) is 50.3 Å². The number of hydrogen-bond acceptors (Lipinski definition) is 18. The molecule has 1 aromatic rings. The first kappa shape index (κ1) is 72.8. The Labute approximate surface area is 494 Å². The summed E-state index contributed by atoms with van der Waals surface area (Å²) in [5, 5.41) is 45.3. The lowest BCUT2D eigenvalue weighted by Crippen LogP contribution is -2.61. The van der Waals surface area contributed by atoms with Crippen LogP contribution >= 0.6 is 0 Å². The van der Waals surface area contributed by atoms with Gasteiger partial charge in [0.15, 0.2) is 17.7 Å². The number of carbonyl (C=O) groups is 14. The van der Waals surface area contributed by atoms with Crippen molar-refractivity contribution in [1.29, 1.82) is 0 Å². The maximum Gasteiger partial charge on any atom is 0.305 e. The Bertz CT molecular complexity index is 2690. The first-order chi connectivity index (χ1) is 40.3. The number of guanidine groups is 2. The van der Waals surface area contributed by atoms with Crippen molar-refractivity contribution in [2.75, 3.05) is 26.2 Å². The van der Waals surface area contributed by atoms with E-state index in [0.29, 0.717) is 17.7 Å². The summed E-state index contributed by atoms with van der Waals surface area (Å²) in [7, 11) is 0. The van der Waals surface area contributed by atoms with Crippen molar-refractivity contribution >= 4 is 94.7 Å². The minimum absolute atomic E-state index is 0.0134. The molecule has 1 saturated heterocycles. The molecule has 2 rings (SSSR count). The number of Topliss-reactive ketones (excluding diaryl/α,β-unsaturated/α-hetero) is 1. The van der Waals surface area contributed by atoms with E-state index in [4.69, 9.17) is 34.4 Å². The second-order valence-electron chi connectivity index (χ2n) is 20.4. The second kappa shape index (κ2) is 35.7. The average Bonchev–Trinajstić information content (AvgIpc) is 3.98. The van der Waals surface area contributed by atoms with E-state index in [2.05, 4.69) is 31.3 Å². The molecule has 1 aliphatic rings. The Hall–Kier alpha value is -9.34. The lowest BCUT2D eigenvalue weighted by molar-refractivity contribution is -0.159. The number of nitrogens with zero attached hydrogens (tertiary/aromatic N) is 4. The molecular formula is C52H81N17O17. The van der Waals surface area contributed by atoms with Crippen LogP contribution in [-0.4, -0.2) is 200 Å². The van der Waals surface area contributed by atoms with Crippen molar-refractivity contribution in [3.8, 4) is 0 Å². The van der Waals surface area contributed by atoms with Crippen LogP contribution in [0.3, 0.4) is 0 Å². The van der Waals surface area contributed by atoms with Crippen LogP contribution in [0.4, 0.5) is 0 Å². The maximum atomic E-state index is 14.7. The van der Waals surface area contributed by atoms with Crippen molar-refractivity contribution in [3.63, 3.8) is 0 Å². The monoisotopic (exact) mass is 1220 g/mol. The zero-order chi connectivity index (χ0) is 65.1. The highest BCUT2D eigenvalue weighted by Crippen LogP contribution is 2.29. The van der Waals surface area contributed by atoms with Crippen LogP contribution in [0.15, 0.2) is 40.3 Å². The number of carboxylic acid groups (broad SMARTS) is 3. The number of nitrogens with one attached hydrogen (secondary N) is 7. The topological polar surface area (TPSA) is 571 Å². The van der Waals surface area contributed by atoms with Gasteiger partial charge in [0.2, 0.25) is 47.3 Å². The number of benzene rings is 1. The number of amides is 10. The third kappa shape index (κ3) is 24.1. The molecule has 476 valence electrons. The number of carbonyl (C=O) groups excluding carboxylic acids is 11. The molecule has 0 aliphatic carbocycles. The molecule has 0 spiro atoms. The van der Waals surface area contributed by atoms with Crippen LogP contribution in [-0.2, 0) is 67.1 Å². The third-order valence-electron chi connectivity index (χ3n) is 13.3. The summed E-state index contributed by atoms with van der Waals surface area (Å²) < 4.78 is 0. The molecule has 1 aliphatic heterocycles. The molecule has 34 nitrogen and oxygen atoms in total. The minimum Gasteiger partial charge on any atom is -0.481 e. The summed E-state index contributed by atoms with van der Waals surface area (Å²) in [5.74, 6) is -18.1. The molecule has 86 heavy (non-hydrogen) atoms. The van der Waals surface area contributed by atoms with Crippen LogP contribution in [0.1, 0.15) is 110 Å². The SMILES string of the molecule is CC[C@H](C)[C@H](NC(=O)[C@@H](N)CCCN=C(N)N)C(=O)N[C@@H](C)C(=O)N[C@@H](CCCN=C(N)N)C(=O)NCC(=O)N[C@@H](CC(=O)O)C(=O)N[C@@H](CC(=O)O)C(=O)N[C@@H](CC(=O)O)C(=O)N(C(=O)[C@@H]1CCCN1C(=O)[C@H](C)N)C(C(C)=O)c1ccccc1. The molecular weight excluding hydrogens is 1130 g/mol. The Morgan fingerprint density at radius 2 is 1.15 bits per heavy atom. The highest BCUT2D eigenvalue weighted by Gasteiger charge is 2.46. The smallest absolute Gasteiger partial charge is 0.305 e. The fourth-order valence-electron chi connectivity index (χ4n) is 8.71. The predicted molar refractivity (Wildman–Crippen MR) is 304 cm³/mol. The largest absolute Gasteiger partial charge is 0.481 e. The average molecular weight is 1220 g/mol. The number of hydrogen-bond donors (Lipinski definition) is 16. The van der Waals surface area contributed by atoms with Crippen LogP contribution in [0, 0.1) is 5.92 Å². The summed E-state index contributed by atoms with van der Waals surface area (Å²) in [5.41, 5.74) is 33.4. The van der Waals surface area contributed by atoms with E-state index in [0.717, 1.165) is 11.8 Å². The van der Waals surface area contributed by atoms with Gasteiger partial charge in [-0.25, -0.2) is 0 Å². The van der Waals surface area contributed by atoms with E-state index in [1.54, 1.807) is 19.9 Å². The summed E-state index contributed by atoms with van der Waals surface area (Å²) in [6.45, 7) is 6.24. The van der Waals surface area contributed by atoms with Gasteiger partial charge in [-0.1, -0.05) is 50.6 Å². The minimum atomic E-state index is -2.30. The Balaban J connectivity index is 2.39. The van der Waals surface area contributed by atoms with E-state index < -0.39 is 175 Å². The Kier molecular flexibility index (Phi) is 30.2. The molecule has 0 aromatic heterocycles. The van der Waals surface area contributed by atoms with Gasteiger partial charge in [-0.2, -0.15) is 0 Å². The number of nitrogens with two attached hydrogens (primary N) is 6. The van der Waals surface area contributed by atoms with Crippen LogP contribution in [0.25, 0.3) is 0 Å². The van der Waals surface area contributed by atoms with Gasteiger partial charge in [0.05, 0.1) is 37.9 Å². The molecule has 11 atom stereocenters. The molecule has 1 heterocycles. The number of carboxylic acids is 3. The van der Waals surface area contributed by atoms with Gasteiger partial charge in [-0.3, -0.25) is 82.0 Å². The van der Waals surface area contributed by atoms with Crippen LogP contribution < -0.4 is 71.6 Å². The van der Waals surface area contributed by atoms with Crippen molar-refractivity contribution in [1.82, 2.24) is 47.0 Å². The summed E-state index contributed by atoms with van der Waals surface area (Å²) in [4.78, 5) is 196. The lowest BCUT2D eigenvalue weighted by atomic mass is 9.97. The van der Waals surface area contributed by atoms with Gasteiger partial charge in [-0.05, 0) is 70.8 Å². The molecule has 10 amide bonds. The fraction of sp³-hybridized carbons (Fsp3) is 0.577. The highest BCUT2D eigenvalue weighted by molar-refractivity contribution is 6.08. The molecule has 1 aromatic carbocycles. The van der Waals surface area contributed by atoms with Crippen molar-refractivity contribution in [2.45, 2.75) is 159 Å². The number of aliphatic imine (C=N–C) groups is 2. The van der Waals surface area contributed by atoms with E-state index in [1.807, 2.05) is 16.0 Å². The molecule has 1 fully saturated rings.